The molecule has 0 aliphatic carbocycles. The van der Waals surface area contributed by atoms with Crippen LogP contribution in [0, 0.1) is 6.92 Å². The lowest BCUT2D eigenvalue weighted by atomic mass is 10.1. The molecule has 1 fully saturated rings. The first-order valence-corrected chi connectivity index (χ1v) is 15.0. The van der Waals surface area contributed by atoms with Gasteiger partial charge in [0, 0.05) is 54.1 Å². The van der Waals surface area contributed by atoms with Crippen LogP contribution in [-0.4, -0.2) is 49.5 Å². The number of furan rings is 1. The van der Waals surface area contributed by atoms with Crippen LogP contribution in [-0.2, 0) is 4.79 Å². The van der Waals surface area contributed by atoms with E-state index < -0.39 is 0 Å². The number of piperazine rings is 1. The van der Waals surface area contributed by atoms with Crippen LogP contribution >= 0.6 is 23.2 Å². The van der Waals surface area contributed by atoms with Gasteiger partial charge in [0.25, 0.3) is 5.91 Å². The standard InChI is InChI=1S/C34H33Cl2N3O4/c1-3-21-42-26-10-7-24(8-11-26)34(41)39-19-17-38(18-20-39)31-14-9-25(22-30(31)36)37-33(40)16-13-27-12-15-32(43-27)28-5-4-6-29(35)23(28)2/h4-16,22H,3,17-21H2,1-2H3,(H,37,40). The third-order valence-corrected chi connectivity index (χ3v) is 7.97. The highest BCUT2D eigenvalue weighted by Gasteiger charge is 2.23. The molecule has 2 heterocycles. The van der Waals surface area contributed by atoms with Crippen molar-refractivity contribution in [2.45, 2.75) is 20.3 Å². The van der Waals surface area contributed by atoms with Gasteiger partial charge in [-0.2, -0.15) is 0 Å². The smallest absolute Gasteiger partial charge is 0.253 e. The summed E-state index contributed by atoms with van der Waals surface area (Å²) in [6.45, 7) is 7.11. The molecule has 4 aromatic rings. The molecule has 1 aliphatic heterocycles. The Balaban J connectivity index is 1.14. The lowest BCUT2D eigenvalue weighted by Crippen LogP contribution is -2.48. The molecule has 3 aromatic carbocycles. The number of benzene rings is 3. The van der Waals surface area contributed by atoms with Crippen molar-refractivity contribution >= 4 is 52.5 Å². The lowest BCUT2D eigenvalue weighted by Gasteiger charge is -2.36. The highest BCUT2D eigenvalue weighted by atomic mass is 35.5. The number of ether oxygens (including phenoxy) is 1. The van der Waals surface area contributed by atoms with E-state index in [1.165, 1.54) is 6.08 Å². The molecule has 2 amide bonds. The van der Waals surface area contributed by atoms with Crippen molar-refractivity contribution in [2.75, 3.05) is 43.0 Å². The van der Waals surface area contributed by atoms with Gasteiger partial charge in [-0.05, 0) is 85.6 Å². The fourth-order valence-electron chi connectivity index (χ4n) is 4.89. The Bertz CT molecular complexity index is 1620. The molecule has 0 unspecified atom stereocenters. The van der Waals surface area contributed by atoms with Crippen LogP contribution < -0.4 is 15.0 Å². The number of hydrogen-bond acceptors (Lipinski definition) is 5. The number of anilines is 2. The maximum Gasteiger partial charge on any atom is 0.253 e. The summed E-state index contributed by atoms with van der Waals surface area (Å²) >= 11 is 12.9. The van der Waals surface area contributed by atoms with Crippen molar-refractivity contribution in [1.82, 2.24) is 4.90 Å². The number of carbonyl (C=O) groups is 2. The maximum atomic E-state index is 13.0. The Morgan fingerprint density at radius 2 is 1.72 bits per heavy atom. The minimum atomic E-state index is -0.308. The number of carbonyl (C=O) groups excluding carboxylic acids is 2. The summed E-state index contributed by atoms with van der Waals surface area (Å²) in [5.41, 5.74) is 3.93. The van der Waals surface area contributed by atoms with Gasteiger partial charge >= 0.3 is 0 Å². The second-order valence-corrected chi connectivity index (χ2v) is 11.1. The maximum absolute atomic E-state index is 13.0. The highest BCUT2D eigenvalue weighted by Crippen LogP contribution is 2.31. The zero-order valence-electron chi connectivity index (χ0n) is 24.1. The van der Waals surface area contributed by atoms with Gasteiger partial charge in [-0.15, -0.1) is 0 Å². The van der Waals surface area contributed by atoms with Crippen molar-refractivity contribution in [2.24, 2.45) is 0 Å². The summed E-state index contributed by atoms with van der Waals surface area (Å²) in [6.07, 6.45) is 3.96. The summed E-state index contributed by atoms with van der Waals surface area (Å²) < 4.78 is 11.5. The molecule has 1 saturated heterocycles. The first-order valence-electron chi connectivity index (χ1n) is 14.2. The van der Waals surface area contributed by atoms with E-state index in [1.807, 2.05) is 72.5 Å². The van der Waals surface area contributed by atoms with Gasteiger partial charge in [0.15, 0.2) is 0 Å². The van der Waals surface area contributed by atoms with Gasteiger partial charge in [0.05, 0.1) is 17.3 Å². The fourth-order valence-corrected chi connectivity index (χ4v) is 5.37. The van der Waals surface area contributed by atoms with Crippen molar-refractivity contribution in [1.29, 1.82) is 0 Å². The summed E-state index contributed by atoms with van der Waals surface area (Å²) in [6, 6.07) is 22.0. The van der Waals surface area contributed by atoms with E-state index in [0.29, 0.717) is 65.6 Å². The van der Waals surface area contributed by atoms with E-state index in [4.69, 9.17) is 32.4 Å². The Morgan fingerprint density at radius 3 is 2.44 bits per heavy atom. The molecule has 5 rings (SSSR count). The number of amides is 2. The summed E-state index contributed by atoms with van der Waals surface area (Å²) in [5, 5.41) is 4.04. The predicted octanol–water partition coefficient (Wildman–Crippen LogP) is 7.96. The van der Waals surface area contributed by atoms with E-state index in [1.54, 1.807) is 18.2 Å². The molecule has 0 atom stereocenters. The van der Waals surface area contributed by atoms with Gasteiger partial charge in [0.1, 0.15) is 17.3 Å². The van der Waals surface area contributed by atoms with Gasteiger partial charge in [-0.3, -0.25) is 9.59 Å². The fraction of sp³-hybridized carbons (Fsp3) is 0.235. The van der Waals surface area contributed by atoms with Crippen LogP contribution in [0.25, 0.3) is 17.4 Å². The zero-order valence-corrected chi connectivity index (χ0v) is 25.6. The molecule has 222 valence electrons. The Kier molecular flexibility index (Phi) is 9.75. The van der Waals surface area contributed by atoms with Crippen molar-refractivity contribution in [3.8, 4) is 17.1 Å². The SMILES string of the molecule is CCCOc1ccc(C(=O)N2CCN(c3ccc(NC(=O)C=Cc4ccc(-c5cccc(Cl)c5C)o4)cc3Cl)CC2)cc1. The van der Waals surface area contributed by atoms with Gasteiger partial charge in [-0.25, -0.2) is 0 Å². The van der Waals surface area contributed by atoms with Crippen LogP contribution in [0.4, 0.5) is 11.4 Å². The highest BCUT2D eigenvalue weighted by molar-refractivity contribution is 6.33. The third-order valence-electron chi connectivity index (χ3n) is 7.26. The predicted molar refractivity (Wildman–Crippen MR) is 173 cm³/mol. The van der Waals surface area contributed by atoms with E-state index in [2.05, 4.69) is 17.1 Å². The summed E-state index contributed by atoms with van der Waals surface area (Å²) in [4.78, 5) is 29.6. The topological polar surface area (TPSA) is 75.0 Å². The van der Waals surface area contributed by atoms with E-state index in [9.17, 15) is 9.59 Å². The second kappa shape index (κ2) is 13.8. The molecule has 1 aromatic heterocycles. The number of rotatable bonds is 9. The molecule has 43 heavy (non-hydrogen) atoms. The van der Waals surface area contributed by atoms with Gasteiger partial charge in [-0.1, -0.05) is 42.3 Å². The Labute approximate surface area is 261 Å². The minimum absolute atomic E-state index is 0.00394. The number of hydrogen-bond donors (Lipinski definition) is 1. The summed E-state index contributed by atoms with van der Waals surface area (Å²) in [7, 11) is 0. The van der Waals surface area contributed by atoms with Gasteiger partial charge in [0.2, 0.25) is 5.91 Å². The molecular formula is C34H33Cl2N3O4. The largest absolute Gasteiger partial charge is 0.494 e. The van der Waals surface area contributed by atoms with E-state index in [-0.39, 0.29) is 11.8 Å². The van der Waals surface area contributed by atoms with Crippen molar-refractivity contribution in [3.63, 3.8) is 0 Å². The quantitative estimate of drug-likeness (QED) is 0.193. The van der Waals surface area contributed by atoms with Gasteiger partial charge < -0.3 is 24.3 Å². The molecule has 7 nitrogen and oxygen atoms in total. The van der Waals surface area contributed by atoms with E-state index in [0.717, 1.165) is 29.0 Å². The average Bonchev–Trinajstić information content (AvgIpc) is 3.49. The molecule has 1 N–H and O–H groups in total. The van der Waals surface area contributed by atoms with Crippen LogP contribution in [0.2, 0.25) is 10.0 Å². The molecule has 0 radical (unpaired) electrons. The minimum Gasteiger partial charge on any atom is -0.494 e. The normalized spacial score (nSPS) is 13.4. The molecule has 1 aliphatic rings. The molecule has 9 heteroatoms. The summed E-state index contributed by atoms with van der Waals surface area (Å²) in [5.74, 6) is 1.69. The first-order chi connectivity index (χ1) is 20.8. The molecular weight excluding hydrogens is 585 g/mol. The lowest BCUT2D eigenvalue weighted by molar-refractivity contribution is -0.111. The van der Waals surface area contributed by atoms with Crippen LogP contribution in [0.15, 0.2) is 83.3 Å². The number of halogens is 2. The van der Waals surface area contributed by atoms with Crippen LogP contribution in [0.1, 0.15) is 35.0 Å². The Morgan fingerprint density at radius 1 is 0.953 bits per heavy atom. The molecule has 0 spiro atoms. The number of nitrogens with zero attached hydrogens (tertiary/aromatic N) is 2. The molecule has 0 bridgehead atoms. The zero-order chi connectivity index (χ0) is 30.3. The van der Waals surface area contributed by atoms with Crippen molar-refractivity contribution in [3.05, 3.63) is 106 Å². The van der Waals surface area contributed by atoms with Crippen LogP contribution in [0.5, 0.6) is 5.75 Å². The molecule has 0 saturated carbocycles. The van der Waals surface area contributed by atoms with Crippen LogP contribution in [0.3, 0.4) is 0 Å². The average molecular weight is 619 g/mol. The van der Waals surface area contributed by atoms with E-state index >= 15 is 0 Å². The second-order valence-electron chi connectivity index (χ2n) is 10.3. The monoisotopic (exact) mass is 617 g/mol. The van der Waals surface area contributed by atoms with Crippen molar-refractivity contribution < 1.29 is 18.7 Å². The third kappa shape index (κ3) is 7.42. The Hall–Kier alpha value is -4.20. The number of nitrogens with one attached hydrogen (secondary N) is 1. The first kappa shape index (κ1) is 30.3.